The van der Waals surface area contributed by atoms with E-state index in [4.69, 9.17) is 11.6 Å². The Bertz CT molecular complexity index is 334. The molecule has 1 aliphatic rings. The summed E-state index contributed by atoms with van der Waals surface area (Å²) in [4.78, 5) is 6.76. The Hall–Kier alpha value is -0.760. The number of aryl methyl sites for hydroxylation is 1. The molecule has 2 nitrogen and oxygen atoms in total. The zero-order chi connectivity index (χ0) is 10.1. The van der Waals surface area contributed by atoms with Gasteiger partial charge in [-0.2, -0.15) is 0 Å². The van der Waals surface area contributed by atoms with Gasteiger partial charge in [0.15, 0.2) is 0 Å². The van der Waals surface area contributed by atoms with E-state index < -0.39 is 0 Å². The molecular weight excluding hydrogens is 196 g/mol. The molecule has 3 heteroatoms. The smallest absolute Gasteiger partial charge is 0.129 e. The minimum Gasteiger partial charge on any atom is -0.357 e. The van der Waals surface area contributed by atoms with Crippen LogP contribution in [0.25, 0.3) is 0 Å². The lowest BCUT2D eigenvalue weighted by Crippen LogP contribution is -2.21. The molecule has 0 atom stereocenters. The number of nitrogens with zero attached hydrogens (tertiary/aromatic N) is 2. The highest BCUT2D eigenvalue weighted by atomic mass is 35.5. The van der Waals surface area contributed by atoms with Crippen molar-refractivity contribution in [3.05, 3.63) is 23.4 Å². The molecule has 0 radical (unpaired) electrons. The van der Waals surface area contributed by atoms with E-state index in [1.165, 1.54) is 12.8 Å². The van der Waals surface area contributed by atoms with Gasteiger partial charge in [0.1, 0.15) is 5.82 Å². The molecule has 1 heterocycles. The maximum Gasteiger partial charge on any atom is 0.129 e. The van der Waals surface area contributed by atoms with E-state index in [0.29, 0.717) is 11.9 Å². The van der Waals surface area contributed by atoms with Crippen molar-refractivity contribution in [3.63, 3.8) is 0 Å². The van der Waals surface area contributed by atoms with Crippen molar-refractivity contribution >= 4 is 17.4 Å². The van der Waals surface area contributed by atoms with Crippen molar-refractivity contribution in [2.24, 2.45) is 0 Å². The zero-order valence-electron chi connectivity index (χ0n) is 8.63. The van der Waals surface area contributed by atoms with Crippen LogP contribution >= 0.6 is 11.6 Å². The number of hydrogen-bond acceptors (Lipinski definition) is 2. The second-order valence-electron chi connectivity index (χ2n) is 3.95. The highest BCUT2D eigenvalue weighted by molar-refractivity contribution is 6.17. The number of pyridine rings is 1. The summed E-state index contributed by atoms with van der Waals surface area (Å²) in [6, 6.07) is 4.82. The standard InChI is InChI=1S/C11H15ClN2/c1-8-5-9(7-12)6-11(13-8)14(2)10-3-4-10/h5-6,10H,3-4,7H2,1-2H3. The lowest BCUT2D eigenvalue weighted by atomic mass is 10.2. The summed E-state index contributed by atoms with van der Waals surface area (Å²) < 4.78 is 0. The fourth-order valence-electron chi connectivity index (χ4n) is 1.63. The van der Waals surface area contributed by atoms with Crippen LogP contribution in [0.4, 0.5) is 5.82 Å². The quantitative estimate of drug-likeness (QED) is 0.714. The predicted octanol–water partition coefficient (Wildman–Crippen LogP) is 2.73. The van der Waals surface area contributed by atoms with Gasteiger partial charge < -0.3 is 4.90 Å². The van der Waals surface area contributed by atoms with E-state index in [0.717, 1.165) is 17.1 Å². The molecule has 2 rings (SSSR count). The van der Waals surface area contributed by atoms with Crippen molar-refractivity contribution in [1.29, 1.82) is 0 Å². The van der Waals surface area contributed by atoms with Crippen LogP contribution in [0.1, 0.15) is 24.1 Å². The Morgan fingerprint density at radius 2 is 2.21 bits per heavy atom. The summed E-state index contributed by atoms with van der Waals surface area (Å²) >= 11 is 5.82. The molecule has 1 fully saturated rings. The molecule has 0 aromatic carbocycles. The fraction of sp³-hybridized carbons (Fsp3) is 0.545. The first-order valence-corrected chi connectivity index (χ1v) is 5.50. The fourth-order valence-corrected chi connectivity index (χ4v) is 1.78. The van der Waals surface area contributed by atoms with Crippen LogP contribution in [0.5, 0.6) is 0 Å². The van der Waals surface area contributed by atoms with Gasteiger partial charge in [-0.1, -0.05) is 0 Å². The number of rotatable bonds is 3. The maximum absolute atomic E-state index is 5.82. The molecular formula is C11H15ClN2. The van der Waals surface area contributed by atoms with Crippen molar-refractivity contribution in [2.45, 2.75) is 31.7 Å². The normalized spacial score (nSPS) is 15.6. The molecule has 1 aromatic rings. The van der Waals surface area contributed by atoms with Crippen molar-refractivity contribution in [2.75, 3.05) is 11.9 Å². The lowest BCUT2D eigenvalue weighted by Gasteiger charge is -2.18. The van der Waals surface area contributed by atoms with Gasteiger partial charge in [0.25, 0.3) is 0 Å². The summed E-state index contributed by atoms with van der Waals surface area (Å²) in [5.74, 6) is 1.62. The Labute approximate surface area is 89.9 Å². The molecule has 1 aromatic heterocycles. The number of aromatic nitrogens is 1. The number of alkyl halides is 1. The Balaban J connectivity index is 2.27. The molecule has 0 spiro atoms. The van der Waals surface area contributed by atoms with Crippen molar-refractivity contribution < 1.29 is 0 Å². The van der Waals surface area contributed by atoms with Gasteiger partial charge >= 0.3 is 0 Å². The zero-order valence-corrected chi connectivity index (χ0v) is 9.38. The first-order chi connectivity index (χ1) is 6.70. The highest BCUT2D eigenvalue weighted by Crippen LogP contribution is 2.29. The van der Waals surface area contributed by atoms with Crippen LogP contribution in [0, 0.1) is 6.92 Å². The van der Waals surface area contributed by atoms with Crippen molar-refractivity contribution in [3.8, 4) is 0 Å². The van der Waals surface area contributed by atoms with Crippen LogP contribution in [0.3, 0.4) is 0 Å². The van der Waals surface area contributed by atoms with Crippen LogP contribution in [-0.2, 0) is 5.88 Å². The van der Waals surface area contributed by atoms with E-state index in [1.807, 2.05) is 13.0 Å². The van der Waals surface area contributed by atoms with Gasteiger partial charge in [0.2, 0.25) is 0 Å². The average Bonchev–Trinajstić information content (AvgIpc) is 2.99. The summed E-state index contributed by atoms with van der Waals surface area (Å²) in [6.07, 6.45) is 2.59. The van der Waals surface area contributed by atoms with Gasteiger partial charge in [0, 0.05) is 24.7 Å². The number of halogens is 1. The van der Waals surface area contributed by atoms with Crippen LogP contribution in [0.15, 0.2) is 12.1 Å². The van der Waals surface area contributed by atoms with Gasteiger partial charge in [0.05, 0.1) is 0 Å². The third kappa shape index (κ3) is 2.01. The average molecular weight is 211 g/mol. The second kappa shape index (κ2) is 3.77. The molecule has 0 amide bonds. The first kappa shape index (κ1) is 9.78. The van der Waals surface area contributed by atoms with Gasteiger partial charge in [-0.05, 0) is 37.5 Å². The molecule has 1 aliphatic carbocycles. The molecule has 0 N–H and O–H groups in total. The molecule has 0 bridgehead atoms. The van der Waals surface area contributed by atoms with Crippen molar-refractivity contribution in [1.82, 2.24) is 4.98 Å². The first-order valence-electron chi connectivity index (χ1n) is 4.97. The van der Waals surface area contributed by atoms with Crippen LogP contribution < -0.4 is 4.90 Å². The third-order valence-corrected chi connectivity index (χ3v) is 2.92. The van der Waals surface area contributed by atoms with Gasteiger partial charge in [-0.15, -0.1) is 11.6 Å². The maximum atomic E-state index is 5.82. The Kier molecular flexibility index (Phi) is 2.64. The highest BCUT2D eigenvalue weighted by Gasteiger charge is 2.27. The third-order valence-electron chi connectivity index (χ3n) is 2.61. The van der Waals surface area contributed by atoms with Gasteiger partial charge in [-0.25, -0.2) is 4.98 Å². The minimum atomic E-state index is 0.564. The monoisotopic (exact) mass is 210 g/mol. The van der Waals surface area contributed by atoms with Crippen LogP contribution in [-0.4, -0.2) is 18.1 Å². The Morgan fingerprint density at radius 1 is 1.50 bits per heavy atom. The second-order valence-corrected chi connectivity index (χ2v) is 4.22. The molecule has 0 aliphatic heterocycles. The largest absolute Gasteiger partial charge is 0.357 e. The van der Waals surface area contributed by atoms with Gasteiger partial charge in [-0.3, -0.25) is 0 Å². The Morgan fingerprint density at radius 3 is 2.79 bits per heavy atom. The van der Waals surface area contributed by atoms with E-state index in [2.05, 4.69) is 23.0 Å². The lowest BCUT2D eigenvalue weighted by molar-refractivity contribution is 0.884. The summed E-state index contributed by atoms with van der Waals surface area (Å²) in [5.41, 5.74) is 2.20. The number of anilines is 1. The number of hydrogen-bond donors (Lipinski definition) is 0. The summed E-state index contributed by atoms with van der Waals surface area (Å²) in [6.45, 7) is 2.01. The van der Waals surface area contributed by atoms with E-state index in [9.17, 15) is 0 Å². The minimum absolute atomic E-state index is 0.564. The molecule has 0 unspecified atom stereocenters. The molecule has 0 saturated heterocycles. The topological polar surface area (TPSA) is 16.1 Å². The summed E-state index contributed by atoms with van der Waals surface area (Å²) in [7, 11) is 2.11. The van der Waals surface area contributed by atoms with Crippen LogP contribution in [0.2, 0.25) is 0 Å². The molecule has 14 heavy (non-hydrogen) atoms. The molecule has 1 saturated carbocycles. The summed E-state index contributed by atoms with van der Waals surface area (Å²) in [5, 5.41) is 0. The van der Waals surface area contributed by atoms with E-state index in [-0.39, 0.29) is 0 Å². The molecule has 76 valence electrons. The van der Waals surface area contributed by atoms with E-state index >= 15 is 0 Å². The predicted molar refractivity (Wildman–Crippen MR) is 60.0 cm³/mol. The SMILES string of the molecule is Cc1cc(CCl)cc(N(C)C2CC2)n1. The van der Waals surface area contributed by atoms with E-state index in [1.54, 1.807) is 0 Å².